The maximum Gasteiger partial charge on any atom is 0.407 e. The van der Waals surface area contributed by atoms with E-state index in [1.807, 2.05) is 11.3 Å². The highest BCUT2D eigenvalue weighted by Crippen LogP contribution is 2.26. The monoisotopic (exact) mass is 211 g/mol. The number of carbonyl (C=O) groups is 1. The van der Waals surface area contributed by atoms with Gasteiger partial charge in [0.15, 0.2) is 0 Å². The van der Waals surface area contributed by atoms with E-state index in [-0.39, 0.29) is 12.1 Å². The minimum Gasteiger partial charge on any atom is -0.453 e. The quantitative estimate of drug-likeness (QED) is 0.771. The van der Waals surface area contributed by atoms with Crippen LogP contribution >= 0.6 is 11.3 Å². The highest BCUT2D eigenvalue weighted by Gasteiger charge is 2.20. The second-order valence-corrected chi connectivity index (χ2v) is 4.45. The van der Waals surface area contributed by atoms with Crippen LogP contribution in [-0.2, 0) is 17.6 Å². The zero-order valence-corrected chi connectivity index (χ0v) is 8.89. The zero-order valence-electron chi connectivity index (χ0n) is 8.08. The number of alkyl carbamates (subject to hydrolysis) is 1. The topological polar surface area (TPSA) is 38.3 Å². The summed E-state index contributed by atoms with van der Waals surface area (Å²) in [5, 5.41) is 4.96. The fourth-order valence-electron chi connectivity index (χ4n) is 1.79. The normalized spacial score (nSPS) is 19.9. The molecular weight excluding hydrogens is 198 g/mol. The third-order valence-electron chi connectivity index (χ3n) is 2.53. The predicted molar refractivity (Wildman–Crippen MR) is 55.7 cm³/mol. The van der Waals surface area contributed by atoms with Crippen LogP contribution in [-0.4, -0.2) is 19.2 Å². The van der Waals surface area contributed by atoms with E-state index < -0.39 is 0 Å². The standard InChI is InChI=1S/C10H13NO2S/c1-13-10(12)11-8-2-3-9-7(6-8)4-5-14-9/h4-5,8H,2-3,6H2,1H3,(H,11,12). The predicted octanol–water partition coefficient (Wildman–Crippen LogP) is 1.96. The molecule has 0 radical (unpaired) electrons. The van der Waals surface area contributed by atoms with E-state index in [4.69, 9.17) is 0 Å². The number of hydrogen-bond donors (Lipinski definition) is 1. The minimum absolute atomic E-state index is 0.240. The van der Waals surface area contributed by atoms with E-state index in [0.717, 1.165) is 19.3 Å². The van der Waals surface area contributed by atoms with Crippen molar-refractivity contribution in [1.82, 2.24) is 5.32 Å². The Bertz CT molecular complexity index is 335. The molecule has 2 rings (SSSR count). The lowest BCUT2D eigenvalue weighted by molar-refractivity contribution is 0.165. The fraction of sp³-hybridized carbons (Fsp3) is 0.500. The zero-order chi connectivity index (χ0) is 9.97. The Labute approximate surface area is 87.1 Å². The number of aryl methyl sites for hydroxylation is 1. The van der Waals surface area contributed by atoms with Crippen LogP contribution in [0.2, 0.25) is 0 Å². The van der Waals surface area contributed by atoms with Crippen molar-refractivity contribution in [3.8, 4) is 0 Å². The molecule has 1 heterocycles. The summed E-state index contributed by atoms with van der Waals surface area (Å²) in [5.74, 6) is 0. The van der Waals surface area contributed by atoms with Crippen molar-refractivity contribution in [1.29, 1.82) is 0 Å². The van der Waals surface area contributed by atoms with Gasteiger partial charge in [0.25, 0.3) is 0 Å². The van der Waals surface area contributed by atoms with Gasteiger partial charge in [-0.25, -0.2) is 4.79 Å². The Balaban J connectivity index is 1.97. The number of methoxy groups -OCH3 is 1. The molecule has 4 heteroatoms. The molecule has 14 heavy (non-hydrogen) atoms. The maximum atomic E-state index is 11.0. The molecule has 1 aromatic heterocycles. The van der Waals surface area contributed by atoms with Gasteiger partial charge in [0, 0.05) is 10.9 Å². The van der Waals surface area contributed by atoms with Crippen molar-refractivity contribution in [2.24, 2.45) is 0 Å². The van der Waals surface area contributed by atoms with Crippen molar-refractivity contribution < 1.29 is 9.53 Å². The molecule has 1 aliphatic carbocycles. The molecule has 0 fully saturated rings. The highest BCUT2D eigenvalue weighted by atomic mass is 32.1. The third kappa shape index (κ3) is 1.90. The van der Waals surface area contributed by atoms with E-state index >= 15 is 0 Å². The maximum absolute atomic E-state index is 11.0. The highest BCUT2D eigenvalue weighted by molar-refractivity contribution is 7.10. The van der Waals surface area contributed by atoms with Crippen LogP contribution in [0.5, 0.6) is 0 Å². The molecule has 0 saturated heterocycles. The average Bonchev–Trinajstić information content (AvgIpc) is 2.64. The summed E-state index contributed by atoms with van der Waals surface area (Å²) in [6.07, 6.45) is 2.70. The van der Waals surface area contributed by atoms with Crippen LogP contribution in [0, 0.1) is 0 Å². The summed E-state index contributed by atoms with van der Waals surface area (Å²) in [6.45, 7) is 0. The fourth-order valence-corrected chi connectivity index (χ4v) is 2.72. The van der Waals surface area contributed by atoms with E-state index in [9.17, 15) is 4.79 Å². The first-order valence-electron chi connectivity index (χ1n) is 4.69. The lowest BCUT2D eigenvalue weighted by Gasteiger charge is -2.22. The molecule has 1 aliphatic rings. The van der Waals surface area contributed by atoms with Crippen LogP contribution in [0.25, 0.3) is 0 Å². The van der Waals surface area contributed by atoms with Gasteiger partial charge in [-0.2, -0.15) is 0 Å². The number of amides is 1. The molecule has 76 valence electrons. The van der Waals surface area contributed by atoms with E-state index in [0.29, 0.717) is 0 Å². The number of hydrogen-bond acceptors (Lipinski definition) is 3. The summed E-state index contributed by atoms with van der Waals surface area (Å²) < 4.78 is 4.57. The van der Waals surface area contributed by atoms with Gasteiger partial charge in [0.2, 0.25) is 0 Å². The molecule has 0 aromatic carbocycles. The summed E-state index contributed by atoms with van der Waals surface area (Å²) in [6, 6.07) is 2.38. The van der Waals surface area contributed by atoms with Gasteiger partial charge < -0.3 is 10.1 Å². The summed E-state index contributed by atoms with van der Waals surface area (Å²) in [4.78, 5) is 12.5. The molecular formula is C10H13NO2S. The molecule has 0 aliphatic heterocycles. The number of rotatable bonds is 1. The molecule has 1 amide bonds. The SMILES string of the molecule is COC(=O)NC1CCc2sccc2C1. The minimum atomic E-state index is -0.325. The second kappa shape index (κ2) is 4.00. The number of fused-ring (bicyclic) bond motifs is 1. The molecule has 0 spiro atoms. The Morgan fingerprint density at radius 2 is 2.57 bits per heavy atom. The van der Waals surface area contributed by atoms with Gasteiger partial charge in [0.05, 0.1) is 7.11 Å². The Morgan fingerprint density at radius 1 is 1.71 bits per heavy atom. The van der Waals surface area contributed by atoms with Crippen molar-refractivity contribution in [3.05, 3.63) is 21.9 Å². The first-order valence-corrected chi connectivity index (χ1v) is 5.57. The lowest BCUT2D eigenvalue weighted by Crippen LogP contribution is -2.38. The average molecular weight is 211 g/mol. The molecule has 3 nitrogen and oxygen atoms in total. The molecule has 1 unspecified atom stereocenters. The number of thiophene rings is 1. The van der Waals surface area contributed by atoms with Gasteiger partial charge >= 0.3 is 6.09 Å². The number of carbonyl (C=O) groups excluding carboxylic acids is 1. The van der Waals surface area contributed by atoms with Crippen molar-refractivity contribution in [2.45, 2.75) is 25.3 Å². The van der Waals surface area contributed by atoms with Gasteiger partial charge in [0.1, 0.15) is 0 Å². The molecule has 1 atom stereocenters. The van der Waals surface area contributed by atoms with Crippen LogP contribution in [0.3, 0.4) is 0 Å². The Kier molecular flexibility index (Phi) is 2.72. The largest absolute Gasteiger partial charge is 0.453 e. The van der Waals surface area contributed by atoms with E-state index in [1.165, 1.54) is 17.6 Å². The second-order valence-electron chi connectivity index (χ2n) is 3.44. The molecule has 0 saturated carbocycles. The summed E-state index contributed by atoms with van der Waals surface area (Å²) in [7, 11) is 1.40. The Hall–Kier alpha value is -1.03. The van der Waals surface area contributed by atoms with E-state index in [1.54, 1.807) is 0 Å². The number of ether oxygens (including phenoxy) is 1. The van der Waals surface area contributed by atoms with Crippen molar-refractivity contribution >= 4 is 17.4 Å². The molecule has 1 aromatic rings. The lowest BCUT2D eigenvalue weighted by atomic mass is 9.95. The van der Waals surface area contributed by atoms with Crippen LogP contribution < -0.4 is 5.32 Å². The van der Waals surface area contributed by atoms with Gasteiger partial charge in [-0.05, 0) is 36.3 Å². The van der Waals surface area contributed by atoms with Crippen molar-refractivity contribution in [2.75, 3.05) is 7.11 Å². The smallest absolute Gasteiger partial charge is 0.407 e. The van der Waals surface area contributed by atoms with E-state index in [2.05, 4.69) is 21.5 Å². The third-order valence-corrected chi connectivity index (χ3v) is 3.55. The first-order chi connectivity index (χ1) is 6.79. The van der Waals surface area contributed by atoms with Crippen LogP contribution in [0.4, 0.5) is 4.79 Å². The van der Waals surface area contributed by atoms with Crippen molar-refractivity contribution in [3.63, 3.8) is 0 Å². The van der Waals surface area contributed by atoms with Crippen LogP contribution in [0.15, 0.2) is 11.4 Å². The number of nitrogens with one attached hydrogen (secondary N) is 1. The summed E-state index contributed by atoms with van der Waals surface area (Å²) in [5.41, 5.74) is 1.38. The summed E-state index contributed by atoms with van der Waals surface area (Å²) >= 11 is 1.81. The van der Waals surface area contributed by atoms with Gasteiger partial charge in [-0.15, -0.1) is 11.3 Å². The first kappa shape index (κ1) is 9.52. The van der Waals surface area contributed by atoms with Gasteiger partial charge in [-0.1, -0.05) is 0 Å². The molecule has 1 N–H and O–H groups in total. The molecule has 0 bridgehead atoms. The Morgan fingerprint density at radius 3 is 3.36 bits per heavy atom. The van der Waals surface area contributed by atoms with Gasteiger partial charge in [-0.3, -0.25) is 0 Å². The van der Waals surface area contributed by atoms with Crippen LogP contribution in [0.1, 0.15) is 16.9 Å².